The van der Waals surface area contributed by atoms with Crippen LogP contribution in [0.25, 0.3) is 0 Å². The third-order valence-corrected chi connectivity index (χ3v) is 11.1. The van der Waals surface area contributed by atoms with Gasteiger partial charge in [0, 0.05) is 7.05 Å². The van der Waals surface area contributed by atoms with Gasteiger partial charge in [-0.05, 0) is 54.1 Å². The molecule has 1 aromatic rings. The van der Waals surface area contributed by atoms with Crippen LogP contribution in [0.5, 0.6) is 11.5 Å². The number of hydrogen-bond donors (Lipinski definition) is 0. The summed E-state index contributed by atoms with van der Waals surface area (Å²) in [6.45, 7) is 6.32. The number of hydrogen-bond acceptors (Lipinski definition) is 5. The summed E-state index contributed by atoms with van der Waals surface area (Å²) in [6, 6.07) is 5.63. The maximum absolute atomic E-state index is 13.6. The standard InChI is InChI=1S/C19H22N2O4S2/c1-5-17(2)9-19-16(23)20(4)18(3,27(19)26)15(22)21(19)14(17)11-6-7-12-13(8-11)25-10-24-12/h6-8,14H,5,9-10H2,1-4H3/t14?,17-,18-,19-,27?/m0/s1. The molecular weight excluding hydrogens is 384 g/mol. The van der Waals surface area contributed by atoms with Crippen LogP contribution in [0.3, 0.4) is 0 Å². The van der Waals surface area contributed by atoms with E-state index in [0.717, 1.165) is 12.0 Å². The highest BCUT2D eigenvalue weighted by atomic mass is 32.8. The molecule has 0 radical (unpaired) electrons. The zero-order valence-corrected chi connectivity index (χ0v) is 17.4. The number of carbonyl (C=O) groups is 2. The molecule has 5 rings (SSSR count). The molecule has 3 saturated heterocycles. The average Bonchev–Trinajstić information content (AvgIpc) is 3.31. The van der Waals surface area contributed by atoms with E-state index in [2.05, 4.69) is 13.8 Å². The van der Waals surface area contributed by atoms with Crippen LogP contribution in [0.2, 0.25) is 0 Å². The molecule has 6 nitrogen and oxygen atoms in total. The second-order valence-electron chi connectivity index (χ2n) is 8.27. The van der Waals surface area contributed by atoms with Gasteiger partial charge in [-0.25, -0.2) is 0 Å². The maximum atomic E-state index is 13.6. The zero-order chi connectivity index (χ0) is 19.4. The summed E-state index contributed by atoms with van der Waals surface area (Å²) < 4.78 is 11.0. The largest absolute Gasteiger partial charge is 0.454 e. The summed E-state index contributed by atoms with van der Waals surface area (Å²) in [5.74, 6) is 1.37. The lowest BCUT2D eigenvalue weighted by Gasteiger charge is -2.41. The monoisotopic (exact) mass is 406 g/mol. The third kappa shape index (κ3) is 1.71. The van der Waals surface area contributed by atoms with Gasteiger partial charge in [0.25, 0.3) is 11.8 Å². The Morgan fingerprint density at radius 3 is 2.63 bits per heavy atom. The molecule has 0 aromatic heterocycles. The van der Waals surface area contributed by atoms with Crippen molar-refractivity contribution in [1.29, 1.82) is 0 Å². The number of amides is 2. The van der Waals surface area contributed by atoms with Gasteiger partial charge in [-0.2, -0.15) is 0 Å². The highest BCUT2D eigenvalue weighted by Gasteiger charge is 2.80. The van der Waals surface area contributed by atoms with Crippen molar-refractivity contribution in [2.45, 2.75) is 49.4 Å². The summed E-state index contributed by atoms with van der Waals surface area (Å²) in [5, 5.41) is 0. The number of likely N-dealkylation sites (N-methyl/N-ethyl adjacent to an activating group) is 1. The van der Waals surface area contributed by atoms with Crippen molar-refractivity contribution in [2.75, 3.05) is 13.8 Å². The molecule has 4 aliphatic rings. The van der Waals surface area contributed by atoms with Crippen molar-refractivity contribution in [3.63, 3.8) is 0 Å². The van der Waals surface area contributed by atoms with E-state index in [1.165, 1.54) is 0 Å². The lowest BCUT2D eigenvalue weighted by molar-refractivity contribution is -0.159. The molecule has 144 valence electrons. The van der Waals surface area contributed by atoms with E-state index in [1.807, 2.05) is 30.0 Å². The molecule has 8 heteroatoms. The van der Waals surface area contributed by atoms with Gasteiger partial charge in [-0.15, -0.1) is 0 Å². The smallest absolute Gasteiger partial charge is 0.261 e. The normalized spacial score (nSPS) is 41.6. The Balaban J connectivity index is 1.72. The Labute approximate surface area is 165 Å². The van der Waals surface area contributed by atoms with Crippen molar-refractivity contribution in [1.82, 2.24) is 9.80 Å². The molecule has 1 spiro atoms. The summed E-state index contributed by atoms with van der Waals surface area (Å²) in [6.07, 6.45) is 1.45. The molecule has 2 bridgehead atoms. The molecule has 5 atom stereocenters. The van der Waals surface area contributed by atoms with E-state index in [-0.39, 0.29) is 30.1 Å². The first kappa shape index (κ1) is 17.4. The fourth-order valence-electron chi connectivity index (χ4n) is 5.25. The third-order valence-electron chi connectivity index (χ3n) is 7.03. The minimum Gasteiger partial charge on any atom is -0.454 e. The van der Waals surface area contributed by atoms with Crippen LogP contribution < -0.4 is 9.47 Å². The Bertz CT molecular complexity index is 936. The highest BCUT2D eigenvalue weighted by Crippen LogP contribution is 2.66. The average molecular weight is 407 g/mol. The SMILES string of the molecule is CC[C@@]1(C)C[C@]23C(=O)N(C)[C@](C)(C(=O)N2C1c1ccc2c(c1)OCO2)S3=S. The molecule has 2 amide bonds. The van der Waals surface area contributed by atoms with Crippen LogP contribution in [0.1, 0.15) is 45.2 Å². The Morgan fingerprint density at radius 1 is 1.22 bits per heavy atom. The number of nitrogens with zero attached hydrogens (tertiary/aromatic N) is 2. The van der Waals surface area contributed by atoms with Crippen LogP contribution in [-0.4, -0.2) is 45.2 Å². The first-order chi connectivity index (χ1) is 12.7. The fourth-order valence-corrected chi connectivity index (χ4v) is 8.80. The maximum Gasteiger partial charge on any atom is 0.261 e. The molecule has 1 aromatic carbocycles. The number of ether oxygens (including phenoxy) is 2. The van der Waals surface area contributed by atoms with E-state index in [9.17, 15) is 9.59 Å². The van der Waals surface area contributed by atoms with Crippen molar-refractivity contribution < 1.29 is 19.1 Å². The fraction of sp³-hybridized carbons (Fsp3) is 0.579. The van der Waals surface area contributed by atoms with Crippen molar-refractivity contribution >= 4 is 32.5 Å². The summed E-state index contributed by atoms with van der Waals surface area (Å²) in [4.78, 5) is 28.5. The molecule has 3 fully saturated rings. The van der Waals surface area contributed by atoms with Gasteiger partial charge < -0.3 is 19.3 Å². The van der Waals surface area contributed by atoms with Gasteiger partial charge in [0.05, 0.1) is 6.04 Å². The number of piperazine rings is 1. The number of rotatable bonds is 2. The first-order valence-electron chi connectivity index (χ1n) is 9.15. The second-order valence-corrected chi connectivity index (χ2v) is 11.3. The van der Waals surface area contributed by atoms with Crippen molar-refractivity contribution in [3.05, 3.63) is 23.8 Å². The van der Waals surface area contributed by atoms with Crippen LogP contribution in [0, 0.1) is 5.41 Å². The van der Waals surface area contributed by atoms with Crippen LogP contribution in [-0.2, 0) is 30.2 Å². The van der Waals surface area contributed by atoms with Crippen molar-refractivity contribution in [3.8, 4) is 11.5 Å². The predicted octanol–water partition coefficient (Wildman–Crippen LogP) is 2.08. The summed E-state index contributed by atoms with van der Waals surface area (Å²) in [7, 11) is 0.923. The molecule has 0 aliphatic carbocycles. The van der Waals surface area contributed by atoms with E-state index in [4.69, 9.17) is 20.7 Å². The minimum atomic E-state index is -0.921. The minimum absolute atomic E-state index is 0.00847. The molecule has 2 unspecified atom stereocenters. The van der Waals surface area contributed by atoms with Gasteiger partial charge in [-0.3, -0.25) is 9.59 Å². The molecule has 0 N–H and O–H groups in total. The zero-order valence-electron chi connectivity index (χ0n) is 15.8. The van der Waals surface area contributed by atoms with E-state index >= 15 is 0 Å². The Morgan fingerprint density at radius 2 is 1.93 bits per heavy atom. The van der Waals surface area contributed by atoms with Crippen LogP contribution in [0.15, 0.2) is 18.2 Å². The summed E-state index contributed by atoms with van der Waals surface area (Å²) >= 11 is 5.87. The Kier molecular flexibility index (Phi) is 3.24. The van der Waals surface area contributed by atoms with Crippen LogP contribution in [0.4, 0.5) is 0 Å². The first-order valence-corrected chi connectivity index (χ1v) is 11.3. The van der Waals surface area contributed by atoms with Gasteiger partial charge in [0.1, 0.15) is 0 Å². The highest BCUT2D eigenvalue weighted by molar-refractivity contribution is 8.31. The topological polar surface area (TPSA) is 59.1 Å². The van der Waals surface area contributed by atoms with E-state index in [1.54, 1.807) is 11.9 Å². The lowest BCUT2D eigenvalue weighted by Crippen LogP contribution is -2.60. The van der Waals surface area contributed by atoms with Gasteiger partial charge in [0.2, 0.25) is 6.79 Å². The molecular formula is C19H22N2O4S2. The van der Waals surface area contributed by atoms with Gasteiger partial charge in [0.15, 0.2) is 21.2 Å². The van der Waals surface area contributed by atoms with E-state index < -0.39 is 19.2 Å². The Hall–Kier alpha value is -1.67. The predicted molar refractivity (Wildman–Crippen MR) is 104 cm³/mol. The molecule has 0 saturated carbocycles. The number of fused-ring (bicyclic) bond motifs is 2. The second kappa shape index (κ2) is 5.03. The van der Waals surface area contributed by atoms with Crippen LogP contribution >= 0.6 is 0 Å². The number of benzene rings is 1. The summed E-state index contributed by atoms with van der Waals surface area (Å²) in [5.41, 5.74) is 0.739. The van der Waals surface area contributed by atoms with Gasteiger partial charge >= 0.3 is 0 Å². The molecule has 27 heavy (non-hydrogen) atoms. The van der Waals surface area contributed by atoms with Crippen molar-refractivity contribution in [2.24, 2.45) is 5.41 Å². The quantitative estimate of drug-likeness (QED) is 0.753. The molecule has 4 aliphatic heterocycles. The molecule has 4 heterocycles. The number of carbonyl (C=O) groups excluding carboxylic acids is 2. The van der Waals surface area contributed by atoms with Gasteiger partial charge in [-0.1, -0.05) is 29.4 Å². The lowest BCUT2D eigenvalue weighted by atomic mass is 9.76. The van der Waals surface area contributed by atoms with E-state index in [0.29, 0.717) is 17.9 Å².